The molecular formula is C15H18ClFN2O2. The number of benzene rings is 1. The summed E-state index contributed by atoms with van der Waals surface area (Å²) in [5.41, 5.74) is 1.29. The third kappa shape index (κ3) is 3.41. The third-order valence-electron chi connectivity index (χ3n) is 4.45. The van der Waals surface area contributed by atoms with Crippen LogP contribution in [0.15, 0.2) is 29.4 Å². The van der Waals surface area contributed by atoms with Crippen molar-refractivity contribution in [2.45, 2.75) is 37.8 Å². The van der Waals surface area contributed by atoms with E-state index in [0.717, 1.165) is 18.6 Å². The molecule has 2 fully saturated rings. The largest absolute Gasteiger partial charge is 1.00 e. The van der Waals surface area contributed by atoms with Gasteiger partial charge in [-0.3, -0.25) is 0 Å². The first-order valence-corrected chi connectivity index (χ1v) is 6.99. The summed E-state index contributed by atoms with van der Waals surface area (Å²) in [4.78, 5) is 18.3. The number of carbonyl (C=O) groups is 1. The Hall–Kier alpha value is -1.46. The van der Waals surface area contributed by atoms with Crippen LogP contribution in [0, 0.1) is 5.82 Å². The molecule has 2 aliphatic rings. The number of piperidine rings is 1. The molecule has 2 saturated heterocycles. The van der Waals surface area contributed by atoms with Gasteiger partial charge in [-0.05, 0) is 24.3 Å². The van der Waals surface area contributed by atoms with E-state index in [2.05, 4.69) is 12.2 Å². The average Bonchev–Trinajstić information content (AvgIpc) is 2.66. The highest BCUT2D eigenvalue weighted by molar-refractivity contribution is 5.91. The Morgan fingerprint density at radius 3 is 2.38 bits per heavy atom. The molecule has 2 heterocycles. The maximum absolute atomic E-state index is 12.8. The Morgan fingerprint density at radius 2 is 1.81 bits per heavy atom. The van der Waals surface area contributed by atoms with Gasteiger partial charge in [0.15, 0.2) is 0 Å². The van der Waals surface area contributed by atoms with E-state index in [-0.39, 0.29) is 18.2 Å². The van der Waals surface area contributed by atoms with E-state index in [9.17, 15) is 9.18 Å². The smallest absolute Gasteiger partial charge is 0.365 e. The first-order chi connectivity index (χ1) is 9.63. The van der Waals surface area contributed by atoms with Crippen LogP contribution < -0.4 is 17.3 Å². The number of nitrogens with one attached hydrogen (secondary N) is 1. The number of nitrogens with zero attached hydrogens (tertiary/aromatic N) is 1. The summed E-state index contributed by atoms with van der Waals surface area (Å²) in [7, 11) is 2.23. The standard InChI is InChI=1S/C15H17FN2O2.ClH/c1-18-13-6-7-14(18)9-12(8-13)17-20-15(19)10-2-4-11(16)5-3-10;/h2-5,13-14H,6-9H2,1H3;1H. The van der Waals surface area contributed by atoms with Gasteiger partial charge in [0.2, 0.25) is 0 Å². The van der Waals surface area contributed by atoms with E-state index in [1.165, 1.54) is 37.1 Å². The minimum absolute atomic E-state index is 0. The second-order valence-corrected chi connectivity index (χ2v) is 5.67. The van der Waals surface area contributed by atoms with Crippen LogP contribution in [0.4, 0.5) is 4.39 Å². The topological polar surface area (TPSA) is 43.1 Å². The van der Waals surface area contributed by atoms with Crippen molar-refractivity contribution in [3.63, 3.8) is 0 Å². The number of halogens is 2. The van der Waals surface area contributed by atoms with E-state index >= 15 is 0 Å². The zero-order valence-corrected chi connectivity index (χ0v) is 12.6. The van der Waals surface area contributed by atoms with E-state index in [1.807, 2.05) is 0 Å². The molecule has 0 aromatic heterocycles. The van der Waals surface area contributed by atoms with Crippen LogP contribution in [0.5, 0.6) is 0 Å². The molecule has 0 radical (unpaired) electrons. The van der Waals surface area contributed by atoms with Crippen LogP contribution in [0.2, 0.25) is 0 Å². The molecular weight excluding hydrogens is 295 g/mol. The van der Waals surface area contributed by atoms with Crippen molar-refractivity contribution in [3.05, 3.63) is 35.6 Å². The highest BCUT2D eigenvalue weighted by Gasteiger charge is 2.41. The van der Waals surface area contributed by atoms with Crippen LogP contribution in [0.3, 0.4) is 0 Å². The van der Waals surface area contributed by atoms with Gasteiger partial charge in [0, 0.05) is 25.7 Å². The summed E-state index contributed by atoms with van der Waals surface area (Å²) in [6.07, 6.45) is 4.25. The van der Waals surface area contributed by atoms with Crippen molar-refractivity contribution >= 4 is 11.7 Å². The van der Waals surface area contributed by atoms with Gasteiger partial charge in [-0.2, -0.15) is 0 Å². The van der Waals surface area contributed by atoms with Crippen LogP contribution >= 0.6 is 0 Å². The van der Waals surface area contributed by atoms with Gasteiger partial charge in [0.05, 0.1) is 30.4 Å². The first-order valence-electron chi connectivity index (χ1n) is 6.99. The van der Waals surface area contributed by atoms with Gasteiger partial charge in [0.25, 0.3) is 0 Å². The minimum Gasteiger partial charge on any atom is -1.00 e. The van der Waals surface area contributed by atoms with E-state index < -0.39 is 5.97 Å². The van der Waals surface area contributed by atoms with Crippen molar-refractivity contribution in [2.24, 2.45) is 5.16 Å². The molecule has 0 spiro atoms. The first kappa shape index (κ1) is 15.9. The van der Waals surface area contributed by atoms with Crippen LogP contribution in [-0.2, 0) is 4.84 Å². The Kier molecular flexibility index (Phi) is 4.96. The SMILES string of the molecule is C[NH+]1C2CCC1CC(=NOC(=O)c1ccc(F)cc1)C2.[Cl-]. The number of carbonyl (C=O) groups excluding carboxylic acids is 1. The summed E-state index contributed by atoms with van der Waals surface area (Å²) < 4.78 is 12.8. The normalized spacial score (nSPS) is 27.0. The molecule has 3 rings (SSSR count). The molecule has 4 nitrogen and oxygen atoms in total. The fraction of sp³-hybridized carbons (Fsp3) is 0.467. The lowest BCUT2D eigenvalue weighted by atomic mass is 10.0. The number of fused-ring (bicyclic) bond motifs is 2. The highest BCUT2D eigenvalue weighted by atomic mass is 35.5. The maximum atomic E-state index is 12.8. The van der Waals surface area contributed by atoms with Crippen molar-refractivity contribution < 1.29 is 31.3 Å². The Labute approximate surface area is 129 Å². The second kappa shape index (κ2) is 6.54. The lowest BCUT2D eigenvalue weighted by Crippen LogP contribution is -3.15. The summed E-state index contributed by atoms with van der Waals surface area (Å²) in [5, 5.41) is 4.02. The number of hydrogen-bond acceptors (Lipinski definition) is 3. The van der Waals surface area contributed by atoms with E-state index in [4.69, 9.17) is 4.84 Å². The Morgan fingerprint density at radius 1 is 1.24 bits per heavy atom. The number of rotatable bonds is 2. The quantitative estimate of drug-likeness (QED) is 0.516. The average molecular weight is 313 g/mol. The van der Waals surface area contributed by atoms with E-state index in [0.29, 0.717) is 17.6 Å². The third-order valence-corrected chi connectivity index (χ3v) is 4.45. The van der Waals surface area contributed by atoms with Crippen molar-refractivity contribution in [2.75, 3.05) is 7.05 Å². The molecule has 2 bridgehead atoms. The molecule has 0 amide bonds. The fourth-order valence-electron chi connectivity index (χ4n) is 3.19. The zero-order chi connectivity index (χ0) is 14.1. The van der Waals surface area contributed by atoms with Crippen LogP contribution in [0.25, 0.3) is 0 Å². The molecule has 1 aromatic rings. The number of oxime groups is 1. The number of quaternary nitrogens is 1. The van der Waals surface area contributed by atoms with Crippen LogP contribution in [-0.4, -0.2) is 30.8 Å². The predicted octanol–water partition coefficient (Wildman–Crippen LogP) is -1.82. The molecule has 6 heteroatoms. The summed E-state index contributed by atoms with van der Waals surface area (Å²) in [6, 6.07) is 6.50. The zero-order valence-electron chi connectivity index (χ0n) is 11.8. The Balaban J connectivity index is 0.00000161. The molecule has 0 aliphatic carbocycles. The highest BCUT2D eigenvalue weighted by Crippen LogP contribution is 2.20. The molecule has 2 aliphatic heterocycles. The molecule has 1 N–H and O–H groups in total. The van der Waals surface area contributed by atoms with Crippen molar-refractivity contribution in [1.29, 1.82) is 0 Å². The predicted molar refractivity (Wildman–Crippen MR) is 72.2 cm³/mol. The minimum atomic E-state index is -0.531. The van der Waals surface area contributed by atoms with Gasteiger partial charge >= 0.3 is 5.97 Å². The maximum Gasteiger partial charge on any atom is 0.365 e. The lowest BCUT2D eigenvalue weighted by molar-refractivity contribution is -0.917. The van der Waals surface area contributed by atoms with Gasteiger partial charge in [-0.1, -0.05) is 5.16 Å². The Bertz CT molecular complexity index is 531. The molecule has 114 valence electrons. The molecule has 1 aromatic carbocycles. The van der Waals surface area contributed by atoms with E-state index in [1.54, 1.807) is 4.90 Å². The molecule has 21 heavy (non-hydrogen) atoms. The molecule has 2 unspecified atom stereocenters. The fourth-order valence-corrected chi connectivity index (χ4v) is 3.19. The summed E-state index contributed by atoms with van der Waals surface area (Å²) in [5.74, 6) is -0.904. The van der Waals surface area contributed by atoms with Gasteiger partial charge < -0.3 is 22.1 Å². The van der Waals surface area contributed by atoms with Gasteiger partial charge in [-0.25, -0.2) is 9.18 Å². The lowest BCUT2D eigenvalue weighted by Gasteiger charge is -2.28. The van der Waals surface area contributed by atoms with Crippen LogP contribution in [0.1, 0.15) is 36.0 Å². The summed E-state index contributed by atoms with van der Waals surface area (Å²) in [6.45, 7) is 0. The monoisotopic (exact) mass is 312 g/mol. The number of hydrogen-bond donors (Lipinski definition) is 1. The molecule has 0 saturated carbocycles. The van der Waals surface area contributed by atoms with Crippen molar-refractivity contribution in [1.82, 2.24) is 0 Å². The van der Waals surface area contributed by atoms with Gasteiger partial charge in [0.1, 0.15) is 5.82 Å². The molecule has 2 atom stereocenters. The summed E-state index contributed by atoms with van der Waals surface area (Å²) >= 11 is 0. The van der Waals surface area contributed by atoms with Gasteiger partial charge in [-0.15, -0.1) is 0 Å². The van der Waals surface area contributed by atoms with Crippen molar-refractivity contribution in [3.8, 4) is 0 Å². The second-order valence-electron chi connectivity index (χ2n) is 5.67.